The third-order valence-electron chi connectivity index (χ3n) is 1.71. The highest BCUT2D eigenvalue weighted by atomic mass is 15.0. The Morgan fingerprint density at radius 2 is 2.00 bits per heavy atom. The van der Waals surface area contributed by atoms with Gasteiger partial charge in [0, 0.05) is 18.8 Å². The quantitative estimate of drug-likeness (QED) is 0.618. The van der Waals surface area contributed by atoms with Crippen molar-refractivity contribution in [2.75, 3.05) is 0 Å². The van der Waals surface area contributed by atoms with Crippen molar-refractivity contribution in [3.8, 4) is 11.3 Å². The normalized spacial score (nSPS) is 10.1. The summed E-state index contributed by atoms with van der Waals surface area (Å²) in [5.41, 5.74) is 2.10. The lowest BCUT2D eigenvalue weighted by molar-refractivity contribution is 0.903. The van der Waals surface area contributed by atoms with E-state index in [0.29, 0.717) is 0 Å². The average molecular weight is 157 g/mol. The first-order chi connectivity index (χ1) is 5.86. The van der Waals surface area contributed by atoms with Gasteiger partial charge in [-0.1, -0.05) is 30.3 Å². The summed E-state index contributed by atoms with van der Waals surface area (Å²) in [5.74, 6) is 0. The summed E-state index contributed by atoms with van der Waals surface area (Å²) >= 11 is 0. The fourth-order valence-corrected chi connectivity index (χ4v) is 1.12. The molecule has 0 aliphatic carbocycles. The van der Waals surface area contributed by atoms with Gasteiger partial charge in [0.1, 0.15) is 0 Å². The van der Waals surface area contributed by atoms with Crippen molar-refractivity contribution in [2.24, 2.45) is 7.05 Å². The summed E-state index contributed by atoms with van der Waals surface area (Å²) in [6.45, 7) is 0. The second-order valence-electron chi connectivity index (χ2n) is 2.70. The molecule has 0 aliphatic rings. The minimum atomic E-state index is 0.970. The Kier molecular flexibility index (Phi) is 1.67. The molecule has 0 amide bonds. The number of hydrogen-bond donors (Lipinski definition) is 0. The zero-order chi connectivity index (χ0) is 8.39. The van der Waals surface area contributed by atoms with Gasteiger partial charge in [0.25, 0.3) is 0 Å². The molecule has 0 unspecified atom stereocenters. The van der Waals surface area contributed by atoms with Crippen LogP contribution in [0.4, 0.5) is 0 Å². The molecule has 1 heterocycles. The molecule has 0 saturated carbocycles. The van der Waals surface area contributed by atoms with E-state index in [1.807, 2.05) is 48.1 Å². The summed E-state index contributed by atoms with van der Waals surface area (Å²) in [6, 6.07) is 10.1. The van der Waals surface area contributed by atoms with E-state index >= 15 is 0 Å². The van der Waals surface area contributed by atoms with E-state index in [2.05, 4.69) is 11.3 Å². The maximum atomic E-state index is 4.12. The van der Waals surface area contributed by atoms with Gasteiger partial charge in [0.2, 0.25) is 0 Å². The van der Waals surface area contributed by atoms with Gasteiger partial charge in [-0.3, -0.25) is 0 Å². The first-order valence-electron chi connectivity index (χ1n) is 3.83. The SMILES string of the molecule is Cn1[c]nc(-c2ccccc2)c1. The van der Waals surface area contributed by atoms with Crippen molar-refractivity contribution in [3.05, 3.63) is 42.9 Å². The van der Waals surface area contributed by atoms with E-state index in [9.17, 15) is 0 Å². The Balaban J connectivity index is 2.45. The van der Waals surface area contributed by atoms with Crippen LogP contribution in [-0.4, -0.2) is 9.55 Å². The molecule has 2 rings (SSSR count). The Morgan fingerprint density at radius 1 is 1.25 bits per heavy atom. The standard InChI is InChI=1S/C10H9N2/c1-12-7-10(11-8-12)9-5-3-2-4-6-9/h2-7H,1H3. The predicted octanol–water partition coefficient (Wildman–Crippen LogP) is 1.89. The van der Waals surface area contributed by atoms with E-state index in [0.717, 1.165) is 11.3 Å². The summed E-state index contributed by atoms with van der Waals surface area (Å²) in [5, 5.41) is 0. The molecule has 0 atom stereocenters. The number of rotatable bonds is 1. The van der Waals surface area contributed by atoms with E-state index in [-0.39, 0.29) is 0 Å². The molecular weight excluding hydrogens is 148 g/mol. The Labute approximate surface area is 71.5 Å². The molecule has 1 aromatic heterocycles. The fraction of sp³-hybridized carbons (Fsp3) is 0.100. The van der Waals surface area contributed by atoms with Crippen molar-refractivity contribution < 1.29 is 0 Å². The van der Waals surface area contributed by atoms with E-state index in [1.165, 1.54) is 0 Å². The predicted molar refractivity (Wildman–Crippen MR) is 47.5 cm³/mol. The topological polar surface area (TPSA) is 17.8 Å². The van der Waals surface area contributed by atoms with Gasteiger partial charge in [0.15, 0.2) is 6.33 Å². The van der Waals surface area contributed by atoms with E-state index in [1.54, 1.807) is 0 Å². The summed E-state index contributed by atoms with van der Waals surface area (Å²) < 4.78 is 1.82. The molecule has 1 radical (unpaired) electrons. The molecule has 0 fully saturated rings. The van der Waals surface area contributed by atoms with Crippen LogP contribution in [0.2, 0.25) is 0 Å². The molecule has 2 aromatic rings. The molecule has 2 heteroatoms. The van der Waals surface area contributed by atoms with E-state index < -0.39 is 0 Å². The monoisotopic (exact) mass is 157 g/mol. The maximum absolute atomic E-state index is 4.12. The maximum Gasteiger partial charge on any atom is 0.176 e. The molecule has 0 aliphatic heterocycles. The van der Waals surface area contributed by atoms with Crippen LogP contribution in [0.15, 0.2) is 36.5 Å². The van der Waals surface area contributed by atoms with Crippen molar-refractivity contribution >= 4 is 0 Å². The second kappa shape index (κ2) is 2.81. The van der Waals surface area contributed by atoms with Crippen LogP contribution in [-0.2, 0) is 7.05 Å². The number of benzene rings is 1. The molecule has 1 aromatic carbocycles. The minimum Gasteiger partial charge on any atom is -0.331 e. The highest BCUT2D eigenvalue weighted by molar-refractivity contribution is 5.57. The van der Waals surface area contributed by atoms with Crippen LogP contribution in [0.1, 0.15) is 0 Å². The molecule has 0 saturated heterocycles. The highest BCUT2D eigenvalue weighted by Crippen LogP contribution is 2.14. The zero-order valence-corrected chi connectivity index (χ0v) is 6.86. The second-order valence-corrected chi connectivity index (χ2v) is 2.70. The largest absolute Gasteiger partial charge is 0.331 e. The lowest BCUT2D eigenvalue weighted by atomic mass is 10.2. The summed E-state index contributed by atoms with van der Waals surface area (Å²) in [7, 11) is 1.92. The first-order valence-corrected chi connectivity index (χ1v) is 3.83. The fourth-order valence-electron chi connectivity index (χ4n) is 1.12. The lowest BCUT2D eigenvalue weighted by Gasteiger charge is -1.92. The molecule has 59 valence electrons. The first kappa shape index (κ1) is 7.10. The van der Waals surface area contributed by atoms with Crippen LogP contribution < -0.4 is 0 Å². The van der Waals surface area contributed by atoms with Crippen LogP contribution in [0.5, 0.6) is 0 Å². The summed E-state index contributed by atoms with van der Waals surface area (Å²) in [6.07, 6.45) is 4.79. The molecule has 12 heavy (non-hydrogen) atoms. The molecule has 0 spiro atoms. The highest BCUT2D eigenvalue weighted by Gasteiger charge is 1.98. The lowest BCUT2D eigenvalue weighted by Crippen LogP contribution is -1.78. The number of imidazole rings is 1. The minimum absolute atomic E-state index is 0.970. The van der Waals surface area contributed by atoms with Gasteiger partial charge >= 0.3 is 0 Å². The van der Waals surface area contributed by atoms with Crippen molar-refractivity contribution in [1.82, 2.24) is 9.55 Å². The van der Waals surface area contributed by atoms with Crippen LogP contribution in [0, 0.1) is 6.33 Å². The van der Waals surface area contributed by atoms with Crippen LogP contribution in [0.25, 0.3) is 11.3 Å². The average Bonchev–Trinajstić information content (AvgIpc) is 2.54. The van der Waals surface area contributed by atoms with Gasteiger partial charge in [-0.15, -0.1) is 0 Å². The molecule has 0 N–H and O–H groups in total. The Morgan fingerprint density at radius 3 is 2.58 bits per heavy atom. The van der Waals surface area contributed by atoms with Gasteiger partial charge < -0.3 is 4.57 Å². The van der Waals surface area contributed by atoms with E-state index in [4.69, 9.17) is 0 Å². The van der Waals surface area contributed by atoms with Crippen LogP contribution in [0.3, 0.4) is 0 Å². The van der Waals surface area contributed by atoms with Gasteiger partial charge in [-0.2, -0.15) is 0 Å². The van der Waals surface area contributed by atoms with Crippen molar-refractivity contribution in [3.63, 3.8) is 0 Å². The third kappa shape index (κ3) is 1.23. The van der Waals surface area contributed by atoms with Gasteiger partial charge in [-0.25, -0.2) is 4.98 Å². The summed E-state index contributed by atoms with van der Waals surface area (Å²) in [4.78, 5) is 4.12. The molecular formula is C10H9N2. The number of aromatic nitrogens is 2. The molecule has 2 nitrogen and oxygen atoms in total. The number of nitrogens with zero attached hydrogens (tertiary/aromatic N) is 2. The van der Waals surface area contributed by atoms with Gasteiger partial charge in [-0.05, 0) is 0 Å². The van der Waals surface area contributed by atoms with Crippen molar-refractivity contribution in [1.29, 1.82) is 0 Å². The number of aryl methyl sites for hydroxylation is 1. The Hall–Kier alpha value is -1.57. The van der Waals surface area contributed by atoms with Gasteiger partial charge in [0.05, 0.1) is 5.69 Å². The zero-order valence-electron chi connectivity index (χ0n) is 6.86. The molecule has 0 bridgehead atoms. The third-order valence-corrected chi connectivity index (χ3v) is 1.71. The smallest absolute Gasteiger partial charge is 0.176 e. The Bertz CT molecular complexity index is 362. The number of hydrogen-bond acceptors (Lipinski definition) is 1. The van der Waals surface area contributed by atoms with Crippen LogP contribution >= 0.6 is 0 Å². The van der Waals surface area contributed by atoms with Crippen molar-refractivity contribution in [2.45, 2.75) is 0 Å².